The molecule has 0 aliphatic heterocycles. The third-order valence-corrected chi connectivity index (χ3v) is 1.95. The summed E-state index contributed by atoms with van der Waals surface area (Å²) in [4.78, 5) is 22.4. The van der Waals surface area contributed by atoms with Crippen LogP contribution in [0.5, 0.6) is 0 Å². The van der Waals surface area contributed by atoms with Crippen LogP contribution in [0.3, 0.4) is 0 Å². The van der Waals surface area contributed by atoms with Crippen molar-refractivity contribution in [3.63, 3.8) is 0 Å². The number of nitrogens with one attached hydrogen (secondary N) is 2. The van der Waals surface area contributed by atoms with Gasteiger partial charge in [-0.1, -0.05) is 0 Å². The minimum absolute atomic E-state index is 0. The van der Waals surface area contributed by atoms with Crippen LogP contribution in [-0.2, 0) is 4.79 Å². The van der Waals surface area contributed by atoms with E-state index in [0.29, 0.717) is 17.8 Å². The number of benzene rings is 1. The molecule has 0 saturated heterocycles. The van der Waals surface area contributed by atoms with Gasteiger partial charge in [-0.25, -0.2) is 0 Å². The van der Waals surface area contributed by atoms with E-state index in [4.69, 9.17) is 5.73 Å². The molecule has 17 heavy (non-hydrogen) atoms. The first-order valence-corrected chi connectivity index (χ1v) is 5.05. The van der Waals surface area contributed by atoms with Crippen LogP contribution in [0.25, 0.3) is 0 Å². The molecule has 0 spiro atoms. The van der Waals surface area contributed by atoms with Gasteiger partial charge in [0.05, 0.1) is 6.54 Å². The molecule has 0 saturated carbocycles. The molecule has 2 amide bonds. The van der Waals surface area contributed by atoms with Crippen molar-refractivity contribution >= 4 is 29.9 Å². The first-order chi connectivity index (χ1) is 7.67. The highest BCUT2D eigenvalue weighted by Gasteiger charge is 2.04. The van der Waals surface area contributed by atoms with E-state index in [1.165, 1.54) is 0 Å². The second-order valence-electron chi connectivity index (χ2n) is 3.19. The van der Waals surface area contributed by atoms with Crippen molar-refractivity contribution in [3.8, 4) is 0 Å². The van der Waals surface area contributed by atoms with E-state index in [9.17, 15) is 9.59 Å². The second-order valence-corrected chi connectivity index (χ2v) is 3.19. The van der Waals surface area contributed by atoms with Gasteiger partial charge in [-0.05, 0) is 31.2 Å². The smallest absolute Gasteiger partial charge is 0.251 e. The van der Waals surface area contributed by atoms with Gasteiger partial charge in [0.15, 0.2) is 0 Å². The highest BCUT2D eigenvalue weighted by molar-refractivity contribution is 5.96. The van der Waals surface area contributed by atoms with E-state index in [-0.39, 0.29) is 30.8 Å². The van der Waals surface area contributed by atoms with E-state index < -0.39 is 0 Å². The number of halogens is 1. The van der Waals surface area contributed by atoms with Crippen LogP contribution in [0.2, 0.25) is 0 Å². The topological polar surface area (TPSA) is 84.2 Å². The van der Waals surface area contributed by atoms with E-state index in [1.54, 1.807) is 24.3 Å². The Morgan fingerprint density at radius 1 is 1.24 bits per heavy atom. The highest BCUT2D eigenvalue weighted by atomic mass is 35.5. The van der Waals surface area contributed by atoms with Gasteiger partial charge in [0.2, 0.25) is 5.91 Å². The van der Waals surface area contributed by atoms with Crippen LogP contribution in [0.4, 0.5) is 5.69 Å². The highest BCUT2D eigenvalue weighted by Crippen LogP contribution is 2.09. The van der Waals surface area contributed by atoms with E-state index in [2.05, 4.69) is 10.6 Å². The maximum atomic E-state index is 11.4. The monoisotopic (exact) mass is 257 g/mol. The van der Waals surface area contributed by atoms with Gasteiger partial charge < -0.3 is 16.4 Å². The minimum atomic E-state index is -0.259. The first kappa shape index (κ1) is 15.4. The van der Waals surface area contributed by atoms with Crippen LogP contribution in [-0.4, -0.2) is 24.9 Å². The lowest BCUT2D eigenvalue weighted by molar-refractivity contribution is -0.114. The summed E-state index contributed by atoms with van der Waals surface area (Å²) in [5.41, 5.74) is 6.35. The van der Waals surface area contributed by atoms with Gasteiger partial charge in [-0.15, -0.1) is 12.4 Å². The van der Waals surface area contributed by atoms with Crippen molar-refractivity contribution in [1.29, 1.82) is 0 Å². The number of rotatable bonds is 4. The SMILES string of the molecule is CCNC(=O)c1ccc(NC(=O)CN)cc1.Cl. The number of anilines is 1. The average molecular weight is 258 g/mol. The molecule has 0 unspecified atom stereocenters. The van der Waals surface area contributed by atoms with E-state index in [0.717, 1.165) is 0 Å². The van der Waals surface area contributed by atoms with Crippen molar-refractivity contribution < 1.29 is 9.59 Å². The van der Waals surface area contributed by atoms with Crippen molar-refractivity contribution in [1.82, 2.24) is 5.32 Å². The quantitative estimate of drug-likeness (QED) is 0.744. The molecule has 0 radical (unpaired) electrons. The van der Waals surface area contributed by atoms with Crippen molar-refractivity contribution in [2.75, 3.05) is 18.4 Å². The lowest BCUT2D eigenvalue weighted by Gasteiger charge is -2.05. The van der Waals surface area contributed by atoms with Crippen LogP contribution < -0.4 is 16.4 Å². The Morgan fingerprint density at radius 2 is 1.82 bits per heavy atom. The Hall–Kier alpha value is -1.59. The first-order valence-electron chi connectivity index (χ1n) is 5.05. The summed E-state index contributed by atoms with van der Waals surface area (Å²) in [6.45, 7) is 2.39. The fourth-order valence-electron chi connectivity index (χ4n) is 1.18. The van der Waals surface area contributed by atoms with Crippen LogP contribution in [0, 0.1) is 0 Å². The lowest BCUT2D eigenvalue weighted by Crippen LogP contribution is -2.23. The molecule has 6 heteroatoms. The Kier molecular flexibility index (Phi) is 6.93. The van der Waals surface area contributed by atoms with Gasteiger partial charge in [-0.3, -0.25) is 9.59 Å². The van der Waals surface area contributed by atoms with Gasteiger partial charge in [0.1, 0.15) is 0 Å². The molecule has 0 bridgehead atoms. The van der Waals surface area contributed by atoms with Crippen molar-refractivity contribution in [2.45, 2.75) is 6.92 Å². The predicted molar refractivity (Wildman–Crippen MR) is 69.4 cm³/mol. The molecule has 0 atom stereocenters. The minimum Gasteiger partial charge on any atom is -0.352 e. The molecule has 0 heterocycles. The fourth-order valence-corrected chi connectivity index (χ4v) is 1.18. The molecule has 94 valence electrons. The number of carbonyl (C=O) groups excluding carboxylic acids is 2. The third kappa shape index (κ3) is 4.84. The maximum Gasteiger partial charge on any atom is 0.251 e. The van der Waals surface area contributed by atoms with Crippen molar-refractivity contribution in [2.24, 2.45) is 5.73 Å². The largest absolute Gasteiger partial charge is 0.352 e. The zero-order chi connectivity index (χ0) is 12.0. The molecule has 1 aromatic rings. The lowest BCUT2D eigenvalue weighted by atomic mass is 10.2. The maximum absolute atomic E-state index is 11.4. The summed E-state index contributed by atoms with van der Waals surface area (Å²) in [7, 11) is 0. The molecular formula is C11H16ClN3O2. The number of carbonyl (C=O) groups is 2. The zero-order valence-corrected chi connectivity index (χ0v) is 10.3. The Labute approximate surface area is 106 Å². The Bertz CT molecular complexity index is 379. The van der Waals surface area contributed by atoms with Gasteiger partial charge in [0.25, 0.3) is 5.91 Å². The average Bonchev–Trinajstić information content (AvgIpc) is 2.30. The number of hydrogen-bond donors (Lipinski definition) is 3. The summed E-state index contributed by atoms with van der Waals surface area (Å²) in [6.07, 6.45) is 0. The van der Waals surface area contributed by atoms with E-state index in [1.807, 2.05) is 6.92 Å². The summed E-state index contributed by atoms with van der Waals surface area (Å²) in [5.74, 6) is -0.384. The summed E-state index contributed by atoms with van der Waals surface area (Å²) in [6, 6.07) is 6.63. The van der Waals surface area contributed by atoms with Gasteiger partial charge in [-0.2, -0.15) is 0 Å². The number of nitrogens with two attached hydrogens (primary N) is 1. The molecule has 0 fully saturated rings. The zero-order valence-electron chi connectivity index (χ0n) is 9.53. The predicted octanol–water partition coefficient (Wildman–Crippen LogP) is 0.755. The second kappa shape index (κ2) is 7.65. The third-order valence-electron chi connectivity index (χ3n) is 1.95. The Balaban J connectivity index is 0.00000256. The van der Waals surface area contributed by atoms with Gasteiger partial charge in [0, 0.05) is 17.8 Å². The molecule has 0 aliphatic carbocycles. The Morgan fingerprint density at radius 3 is 2.29 bits per heavy atom. The number of amides is 2. The van der Waals surface area contributed by atoms with Crippen molar-refractivity contribution in [3.05, 3.63) is 29.8 Å². The summed E-state index contributed by atoms with van der Waals surface area (Å²) >= 11 is 0. The molecule has 1 aromatic carbocycles. The molecule has 4 N–H and O–H groups in total. The standard InChI is InChI=1S/C11H15N3O2.ClH/c1-2-13-11(16)8-3-5-9(6-4-8)14-10(15)7-12;/h3-6H,2,7,12H2,1H3,(H,13,16)(H,14,15);1H. The van der Waals surface area contributed by atoms with E-state index >= 15 is 0 Å². The van der Waals surface area contributed by atoms with Crippen LogP contribution >= 0.6 is 12.4 Å². The van der Waals surface area contributed by atoms with Gasteiger partial charge >= 0.3 is 0 Å². The molecule has 0 aliphatic rings. The molecular weight excluding hydrogens is 242 g/mol. The molecule has 1 rings (SSSR count). The molecule has 0 aromatic heterocycles. The van der Waals surface area contributed by atoms with Crippen LogP contribution in [0.1, 0.15) is 17.3 Å². The van der Waals surface area contributed by atoms with Crippen LogP contribution in [0.15, 0.2) is 24.3 Å². The summed E-state index contributed by atoms with van der Waals surface area (Å²) in [5, 5.41) is 5.28. The number of hydrogen-bond acceptors (Lipinski definition) is 3. The molecule has 5 nitrogen and oxygen atoms in total. The normalized spacial score (nSPS) is 9.06. The fraction of sp³-hybridized carbons (Fsp3) is 0.273. The summed E-state index contributed by atoms with van der Waals surface area (Å²) < 4.78 is 0.